The average Bonchev–Trinajstić information content (AvgIpc) is 2.85. The first-order chi connectivity index (χ1) is 10.9. The number of ketones is 1. The maximum absolute atomic E-state index is 11.9. The number of hydrogen-bond donors (Lipinski definition) is 1. The molecule has 0 bridgehead atoms. The van der Waals surface area contributed by atoms with Crippen LogP contribution in [-0.2, 0) is 4.79 Å². The van der Waals surface area contributed by atoms with Crippen molar-refractivity contribution in [3.63, 3.8) is 0 Å². The van der Waals surface area contributed by atoms with E-state index < -0.39 is 0 Å². The second-order valence-electron chi connectivity index (χ2n) is 9.44. The molecule has 0 radical (unpaired) electrons. The van der Waals surface area contributed by atoms with Crippen molar-refractivity contribution >= 4 is 5.78 Å². The van der Waals surface area contributed by atoms with E-state index in [1.165, 1.54) is 37.7 Å². The molecular formula is C21H32O2. The summed E-state index contributed by atoms with van der Waals surface area (Å²) in [5.74, 6) is 3.21. The summed E-state index contributed by atoms with van der Waals surface area (Å²) < 4.78 is 0. The minimum atomic E-state index is -0.163. The molecule has 128 valence electrons. The van der Waals surface area contributed by atoms with Crippen molar-refractivity contribution in [2.45, 2.75) is 78.2 Å². The van der Waals surface area contributed by atoms with Crippen LogP contribution in [0.1, 0.15) is 72.1 Å². The number of rotatable bonds is 1. The molecule has 2 heteroatoms. The molecule has 4 aliphatic rings. The van der Waals surface area contributed by atoms with E-state index in [1.807, 2.05) is 13.0 Å². The van der Waals surface area contributed by atoms with E-state index in [0.29, 0.717) is 17.1 Å². The highest BCUT2D eigenvalue weighted by molar-refractivity contribution is 5.91. The Balaban J connectivity index is 1.66. The van der Waals surface area contributed by atoms with E-state index in [0.717, 1.165) is 37.0 Å². The summed E-state index contributed by atoms with van der Waals surface area (Å²) in [4.78, 5) is 11.9. The highest BCUT2D eigenvalue weighted by Crippen LogP contribution is 2.66. The van der Waals surface area contributed by atoms with Gasteiger partial charge in [0.05, 0.1) is 6.10 Å². The lowest BCUT2D eigenvalue weighted by Gasteiger charge is -2.58. The van der Waals surface area contributed by atoms with Gasteiger partial charge in [-0.1, -0.05) is 19.4 Å². The smallest absolute Gasteiger partial charge is 0.155 e. The van der Waals surface area contributed by atoms with E-state index in [2.05, 4.69) is 13.8 Å². The summed E-state index contributed by atoms with van der Waals surface area (Å²) in [6.07, 6.45) is 11.1. The van der Waals surface area contributed by atoms with Gasteiger partial charge < -0.3 is 5.11 Å². The van der Waals surface area contributed by atoms with Gasteiger partial charge in [0.25, 0.3) is 0 Å². The van der Waals surface area contributed by atoms with Crippen LogP contribution in [0.2, 0.25) is 0 Å². The molecule has 23 heavy (non-hydrogen) atoms. The summed E-state index contributed by atoms with van der Waals surface area (Å²) in [6, 6.07) is 0. The number of carbonyl (C=O) groups excluding carboxylic acids is 1. The second-order valence-corrected chi connectivity index (χ2v) is 9.44. The number of carbonyl (C=O) groups is 1. The Kier molecular flexibility index (Phi) is 3.58. The highest BCUT2D eigenvalue weighted by Gasteiger charge is 2.59. The summed E-state index contributed by atoms with van der Waals surface area (Å²) in [7, 11) is 0. The van der Waals surface area contributed by atoms with Crippen LogP contribution >= 0.6 is 0 Å². The zero-order valence-corrected chi connectivity index (χ0v) is 15.0. The Morgan fingerprint density at radius 1 is 1.09 bits per heavy atom. The molecule has 0 aromatic carbocycles. The predicted molar refractivity (Wildman–Crippen MR) is 91.9 cm³/mol. The molecule has 1 N–H and O–H groups in total. The molecule has 4 rings (SSSR count). The van der Waals surface area contributed by atoms with Crippen molar-refractivity contribution in [2.24, 2.45) is 34.5 Å². The molecule has 0 amide bonds. The average molecular weight is 316 g/mol. The first-order valence-corrected chi connectivity index (χ1v) is 9.78. The first kappa shape index (κ1) is 15.9. The molecule has 7 atom stereocenters. The molecule has 0 aromatic heterocycles. The molecule has 3 saturated carbocycles. The van der Waals surface area contributed by atoms with Gasteiger partial charge in [-0.15, -0.1) is 0 Å². The van der Waals surface area contributed by atoms with Crippen molar-refractivity contribution < 1.29 is 9.90 Å². The van der Waals surface area contributed by atoms with E-state index in [-0.39, 0.29) is 11.5 Å². The zero-order chi connectivity index (χ0) is 16.4. The number of allylic oxidation sites excluding steroid dienone is 1. The summed E-state index contributed by atoms with van der Waals surface area (Å²) in [6.45, 7) is 6.92. The van der Waals surface area contributed by atoms with Crippen molar-refractivity contribution in [1.29, 1.82) is 0 Å². The predicted octanol–water partition coefficient (Wildman–Crippen LogP) is 4.52. The van der Waals surface area contributed by atoms with E-state index in [1.54, 1.807) is 0 Å². The molecule has 4 aliphatic carbocycles. The first-order valence-electron chi connectivity index (χ1n) is 9.78. The molecule has 3 fully saturated rings. The Bertz CT molecular complexity index is 548. The molecule has 6 unspecified atom stereocenters. The molecule has 0 aliphatic heterocycles. The third-order valence-corrected chi connectivity index (χ3v) is 8.62. The number of fused-ring (bicyclic) bond motifs is 5. The fourth-order valence-electron chi connectivity index (χ4n) is 7.39. The lowest BCUT2D eigenvalue weighted by atomic mass is 9.46. The van der Waals surface area contributed by atoms with Crippen molar-refractivity contribution in [3.8, 4) is 0 Å². The van der Waals surface area contributed by atoms with Crippen molar-refractivity contribution in [3.05, 3.63) is 11.6 Å². The Morgan fingerprint density at radius 3 is 2.61 bits per heavy atom. The Hall–Kier alpha value is -0.630. The van der Waals surface area contributed by atoms with Gasteiger partial charge in [0.1, 0.15) is 0 Å². The van der Waals surface area contributed by atoms with Crippen LogP contribution in [0, 0.1) is 34.5 Å². The fraction of sp³-hybridized carbons (Fsp3) is 0.857. The SMILES string of the molecule is CC(O)C1CCC2C3CCC4=CC(=O)CC[C@@]4(C)C3CCC12C. The van der Waals surface area contributed by atoms with Crippen LogP contribution in [-0.4, -0.2) is 17.0 Å². The monoisotopic (exact) mass is 316 g/mol. The largest absolute Gasteiger partial charge is 0.393 e. The van der Waals surface area contributed by atoms with Gasteiger partial charge in [-0.05, 0) is 92.4 Å². The van der Waals surface area contributed by atoms with Gasteiger partial charge in [0.2, 0.25) is 0 Å². The van der Waals surface area contributed by atoms with E-state index in [4.69, 9.17) is 0 Å². The minimum Gasteiger partial charge on any atom is -0.393 e. The minimum absolute atomic E-state index is 0.163. The summed E-state index contributed by atoms with van der Waals surface area (Å²) in [5.41, 5.74) is 2.09. The van der Waals surface area contributed by atoms with Crippen LogP contribution < -0.4 is 0 Å². The van der Waals surface area contributed by atoms with Gasteiger partial charge >= 0.3 is 0 Å². The molecule has 0 aromatic rings. The fourth-order valence-corrected chi connectivity index (χ4v) is 7.39. The Labute approximate surface area is 140 Å². The lowest BCUT2D eigenvalue weighted by Crippen LogP contribution is -2.51. The normalized spacial score (nSPS) is 50.6. The van der Waals surface area contributed by atoms with Gasteiger partial charge in [0, 0.05) is 6.42 Å². The molecule has 0 saturated heterocycles. The highest BCUT2D eigenvalue weighted by atomic mass is 16.3. The van der Waals surface area contributed by atoms with Crippen LogP contribution in [0.15, 0.2) is 11.6 Å². The van der Waals surface area contributed by atoms with Crippen molar-refractivity contribution in [2.75, 3.05) is 0 Å². The number of aliphatic hydroxyl groups excluding tert-OH is 1. The van der Waals surface area contributed by atoms with Gasteiger partial charge in [-0.3, -0.25) is 4.79 Å². The van der Waals surface area contributed by atoms with E-state index >= 15 is 0 Å². The van der Waals surface area contributed by atoms with E-state index in [9.17, 15) is 9.90 Å². The number of hydrogen-bond acceptors (Lipinski definition) is 2. The quantitative estimate of drug-likeness (QED) is 0.772. The Morgan fingerprint density at radius 2 is 1.87 bits per heavy atom. The standard InChI is InChI=1S/C21H32O2/c1-13(22)17-6-7-18-16-5-4-14-12-15(23)8-10-20(14,2)19(16)9-11-21(17,18)3/h12-13,16-19,22H,4-11H2,1-3H3/t13?,16?,17?,18?,19?,20-,21?/m1/s1. The van der Waals surface area contributed by atoms with Gasteiger partial charge in [-0.25, -0.2) is 0 Å². The topological polar surface area (TPSA) is 37.3 Å². The summed E-state index contributed by atoms with van der Waals surface area (Å²) >= 11 is 0. The summed E-state index contributed by atoms with van der Waals surface area (Å²) in [5, 5.41) is 10.3. The maximum atomic E-state index is 11.9. The third-order valence-electron chi connectivity index (χ3n) is 8.62. The van der Waals surface area contributed by atoms with Crippen LogP contribution in [0.4, 0.5) is 0 Å². The molecular weight excluding hydrogens is 284 g/mol. The molecule has 0 heterocycles. The molecule has 0 spiro atoms. The maximum Gasteiger partial charge on any atom is 0.155 e. The van der Waals surface area contributed by atoms with Gasteiger partial charge in [0.15, 0.2) is 5.78 Å². The van der Waals surface area contributed by atoms with Gasteiger partial charge in [-0.2, -0.15) is 0 Å². The van der Waals surface area contributed by atoms with Crippen LogP contribution in [0.3, 0.4) is 0 Å². The van der Waals surface area contributed by atoms with Crippen molar-refractivity contribution in [1.82, 2.24) is 0 Å². The third kappa shape index (κ3) is 2.13. The zero-order valence-electron chi connectivity index (χ0n) is 15.0. The lowest BCUT2D eigenvalue weighted by molar-refractivity contribution is -0.117. The van der Waals surface area contributed by atoms with Crippen LogP contribution in [0.5, 0.6) is 0 Å². The van der Waals surface area contributed by atoms with Crippen LogP contribution in [0.25, 0.3) is 0 Å². The molecule has 2 nitrogen and oxygen atoms in total. The second kappa shape index (κ2) is 5.18. The number of aliphatic hydroxyl groups is 1.